The predicted molar refractivity (Wildman–Crippen MR) is 120 cm³/mol. The summed E-state index contributed by atoms with van der Waals surface area (Å²) in [5.74, 6) is -2.39. The van der Waals surface area contributed by atoms with E-state index in [2.05, 4.69) is 15.3 Å². The normalized spacial score (nSPS) is 17.2. The van der Waals surface area contributed by atoms with Gasteiger partial charge in [0.05, 0.1) is 30.3 Å². The number of aliphatic imine (C=N–C) groups is 2. The maximum atomic E-state index is 12.6. The van der Waals surface area contributed by atoms with Crippen LogP contribution in [0.25, 0.3) is 0 Å². The van der Waals surface area contributed by atoms with Crippen LogP contribution < -0.4 is 5.32 Å². The Balaban J connectivity index is 1.47. The van der Waals surface area contributed by atoms with Gasteiger partial charge >= 0.3 is 5.97 Å². The van der Waals surface area contributed by atoms with Crippen LogP contribution in [-0.2, 0) is 27.2 Å². The minimum absolute atomic E-state index is 0.0716. The Labute approximate surface area is 191 Å². The number of amidine groups is 1. The van der Waals surface area contributed by atoms with Crippen molar-refractivity contribution in [3.63, 3.8) is 0 Å². The highest BCUT2D eigenvalue weighted by molar-refractivity contribution is 8.14. The largest absolute Gasteiger partial charge is 0.463 e. The quantitative estimate of drug-likeness (QED) is 0.641. The Morgan fingerprint density at radius 3 is 2.97 bits per heavy atom. The summed E-state index contributed by atoms with van der Waals surface area (Å²) in [6.07, 6.45) is 4.06. The van der Waals surface area contributed by atoms with E-state index in [1.54, 1.807) is 19.1 Å². The van der Waals surface area contributed by atoms with Crippen LogP contribution in [0.3, 0.4) is 0 Å². The number of thioether (sulfide) groups is 1. The molecule has 1 aliphatic heterocycles. The van der Waals surface area contributed by atoms with Gasteiger partial charge in [0.25, 0.3) is 5.91 Å². The number of carbonyl (C=O) groups excluding carboxylic acids is 3. The number of furan rings is 1. The van der Waals surface area contributed by atoms with Gasteiger partial charge in [0.2, 0.25) is 5.91 Å². The molecule has 0 radical (unpaired) electrons. The standard InChI is InChI=1S/C21H18N4O5S2/c1-2-29-20(28)16-11-5-3-7-14(11)32-19(16)23-15(26)10-31-21-24-17(13-6-4-8-30-13)12(9-22)18(27)25-21/h4,6,8,12H,2-3,5,7,10H2,1H3,(H,23,26). The number of carbonyl (C=O) groups is 3. The molecule has 164 valence electrons. The highest BCUT2D eigenvalue weighted by atomic mass is 32.2. The second-order valence-corrected chi connectivity index (χ2v) is 8.94. The molecule has 3 heterocycles. The molecule has 9 nitrogen and oxygen atoms in total. The van der Waals surface area contributed by atoms with Crippen molar-refractivity contribution in [2.45, 2.75) is 26.2 Å². The zero-order valence-electron chi connectivity index (χ0n) is 17.0. The van der Waals surface area contributed by atoms with Gasteiger partial charge in [-0.15, -0.1) is 11.3 Å². The number of nitrogens with one attached hydrogen (secondary N) is 1. The summed E-state index contributed by atoms with van der Waals surface area (Å²) in [7, 11) is 0. The molecule has 1 aliphatic carbocycles. The summed E-state index contributed by atoms with van der Waals surface area (Å²) in [6, 6.07) is 5.11. The number of hydrogen-bond donors (Lipinski definition) is 1. The van der Waals surface area contributed by atoms with E-state index >= 15 is 0 Å². The van der Waals surface area contributed by atoms with E-state index < -0.39 is 17.8 Å². The van der Waals surface area contributed by atoms with Crippen molar-refractivity contribution in [2.24, 2.45) is 15.9 Å². The van der Waals surface area contributed by atoms with Crippen LogP contribution in [0.5, 0.6) is 0 Å². The van der Waals surface area contributed by atoms with E-state index in [1.165, 1.54) is 17.6 Å². The lowest BCUT2D eigenvalue weighted by Gasteiger charge is -2.13. The van der Waals surface area contributed by atoms with Gasteiger partial charge in [-0.05, 0) is 43.9 Å². The van der Waals surface area contributed by atoms with Crippen LogP contribution in [0.15, 0.2) is 32.8 Å². The Hall–Kier alpha value is -3.23. The Morgan fingerprint density at radius 1 is 1.41 bits per heavy atom. The second-order valence-electron chi connectivity index (χ2n) is 6.89. The molecule has 2 aromatic rings. The van der Waals surface area contributed by atoms with Gasteiger partial charge in [0.1, 0.15) is 16.5 Å². The van der Waals surface area contributed by atoms with Crippen LogP contribution in [-0.4, -0.2) is 41.0 Å². The third-order valence-electron chi connectivity index (χ3n) is 4.83. The molecule has 0 saturated heterocycles. The van der Waals surface area contributed by atoms with Gasteiger partial charge in [0.15, 0.2) is 11.1 Å². The Bertz CT molecular complexity index is 1170. The van der Waals surface area contributed by atoms with Crippen molar-refractivity contribution in [1.29, 1.82) is 5.26 Å². The molecule has 2 aromatic heterocycles. The van der Waals surface area contributed by atoms with E-state index in [9.17, 15) is 19.6 Å². The fraction of sp³-hybridized carbons (Fsp3) is 0.333. The molecule has 1 atom stereocenters. The first-order chi connectivity index (χ1) is 15.5. The minimum atomic E-state index is -1.15. The molecule has 0 saturated carbocycles. The van der Waals surface area contributed by atoms with Gasteiger partial charge in [-0.2, -0.15) is 10.3 Å². The lowest BCUT2D eigenvalue weighted by atomic mass is 10.0. The topological polar surface area (TPSA) is 134 Å². The summed E-state index contributed by atoms with van der Waals surface area (Å²) < 4.78 is 10.4. The lowest BCUT2D eigenvalue weighted by molar-refractivity contribution is -0.118. The average Bonchev–Trinajstić information content (AvgIpc) is 3.49. The molecule has 0 fully saturated rings. The fourth-order valence-electron chi connectivity index (χ4n) is 3.48. The first-order valence-electron chi connectivity index (χ1n) is 9.90. The number of ether oxygens (including phenoxy) is 1. The zero-order chi connectivity index (χ0) is 22.7. The molecular formula is C21H18N4O5S2. The number of aryl methyl sites for hydroxylation is 1. The molecular weight excluding hydrogens is 452 g/mol. The highest BCUT2D eigenvalue weighted by Crippen LogP contribution is 2.39. The van der Waals surface area contributed by atoms with E-state index in [0.29, 0.717) is 16.3 Å². The van der Waals surface area contributed by atoms with Gasteiger partial charge in [0, 0.05) is 4.88 Å². The van der Waals surface area contributed by atoms with Crippen molar-refractivity contribution in [3.05, 3.63) is 40.2 Å². The maximum Gasteiger partial charge on any atom is 0.341 e. The number of nitriles is 1. The van der Waals surface area contributed by atoms with E-state index in [0.717, 1.165) is 41.5 Å². The third kappa shape index (κ3) is 4.37. The number of esters is 1. The number of fused-ring (bicyclic) bond motifs is 1. The highest BCUT2D eigenvalue weighted by Gasteiger charge is 2.32. The third-order valence-corrected chi connectivity index (χ3v) is 6.89. The van der Waals surface area contributed by atoms with Crippen LogP contribution >= 0.6 is 23.1 Å². The van der Waals surface area contributed by atoms with Gasteiger partial charge in [-0.1, -0.05) is 11.8 Å². The van der Waals surface area contributed by atoms with Crippen LogP contribution in [0.1, 0.15) is 39.9 Å². The monoisotopic (exact) mass is 470 g/mol. The molecule has 2 aliphatic rings. The number of anilines is 1. The average molecular weight is 471 g/mol. The Morgan fingerprint density at radius 2 is 2.25 bits per heavy atom. The number of nitrogens with zero attached hydrogens (tertiary/aromatic N) is 3. The predicted octanol–water partition coefficient (Wildman–Crippen LogP) is 3.20. The molecule has 1 N–H and O–H groups in total. The fourth-order valence-corrected chi connectivity index (χ4v) is 5.42. The van der Waals surface area contributed by atoms with Crippen molar-refractivity contribution < 1.29 is 23.5 Å². The van der Waals surface area contributed by atoms with Crippen LogP contribution in [0.4, 0.5) is 5.00 Å². The van der Waals surface area contributed by atoms with Crippen molar-refractivity contribution in [1.82, 2.24) is 0 Å². The second kappa shape index (κ2) is 9.50. The first-order valence-corrected chi connectivity index (χ1v) is 11.7. The smallest absolute Gasteiger partial charge is 0.341 e. The molecule has 11 heteroatoms. The molecule has 4 rings (SSSR count). The molecule has 0 aromatic carbocycles. The summed E-state index contributed by atoms with van der Waals surface area (Å²) >= 11 is 2.36. The van der Waals surface area contributed by atoms with Crippen LogP contribution in [0.2, 0.25) is 0 Å². The summed E-state index contributed by atoms with van der Waals surface area (Å²) in [4.78, 5) is 46.4. The van der Waals surface area contributed by atoms with Crippen molar-refractivity contribution in [2.75, 3.05) is 17.7 Å². The van der Waals surface area contributed by atoms with Crippen LogP contribution in [0, 0.1) is 17.2 Å². The number of thiophene rings is 1. The molecule has 32 heavy (non-hydrogen) atoms. The lowest BCUT2D eigenvalue weighted by Crippen LogP contribution is -2.27. The van der Waals surface area contributed by atoms with E-state index in [1.807, 2.05) is 6.07 Å². The maximum absolute atomic E-state index is 12.6. The SMILES string of the molecule is CCOC(=O)c1c(NC(=O)CSC2=NC(=O)C(C#N)C(c3ccco3)=N2)sc2c1CCC2. The molecule has 2 amide bonds. The number of hydrogen-bond acceptors (Lipinski definition) is 9. The minimum Gasteiger partial charge on any atom is -0.463 e. The molecule has 0 spiro atoms. The summed E-state index contributed by atoms with van der Waals surface area (Å²) in [5, 5.41) is 12.6. The first kappa shape index (κ1) is 22.0. The number of amides is 2. The molecule has 0 bridgehead atoms. The van der Waals surface area contributed by atoms with Crippen molar-refractivity contribution in [3.8, 4) is 6.07 Å². The number of rotatable bonds is 6. The van der Waals surface area contributed by atoms with Gasteiger partial charge in [-0.25, -0.2) is 9.79 Å². The van der Waals surface area contributed by atoms with Gasteiger partial charge in [-0.3, -0.25) is 9.59 Å². The zero-order valence-corrected chi connectivity index (χ0v) is 18.7. The van der Waals surface area contributed by atoms with E-state index in [-0.39, 0.29) is 29.1 Å². The Kier molecular flexibility index (Phi) is 6.53. The molecule has 1 unspecified atom stereocenters. The van der Waals surface area contributed by atoms with E-state index in [4.69, 9.17) is 9.15 Å². The van der Waals surface area contributed by atoms with Crippen molar-refractivity contribution >= 4 is 56.8 Å². The summed E-state index contributed by atoms with van der Waals surface area (Å²) in [5.41, 5.74) is 1.55. The van der Waals surface area contributed by atoms with Gasteiger partial charge < -0.3 is 14.5 Å². The summed E-state index contributed by atoms with van der Waals surface area (Å²) in [6.45, 7) is 1.99.